The number of rotatable bonds is 33. The van der Waals surface area contributed by atoms with Crippen LogP contribution in [0.15, 0.2) is 85.1 Å². The van der Waals surface area contributed by atoms with E-state index < -0.39 is 6.10 Å². The Hall–Kier alpha value is -3.41. The number of hydrogen-bond acceptors (Lipinski definition) is 6. The molecule has 0 aliphatic carbocycles. The summed E-state index contributed by atoms with van der Waals surface area (Å²) < 4.78 is 16.5. The van der Waals surface area contributed by atoms with Gasteiger partial charge in [0.2, 0.25) is 0 Å². The smallest absolute Gasteiger partial charge is 0.306 e. The van der Waals surface area contributed by atoms with Gasteiger partial charge in [0, 0.05) is 19.3 Å². The van der Waals surface area contributed by atoms with E-state index in [-0.39, 0.29) is 37.5 Å². The van der Waals surface area contributed by atoms with Crippen molar-refractivity contribution in [2.75, 3.05) is 13.2 Å². The molecular formula is C44H70O6. The molecule has 0 bridgehead atoms. The van der Waals surface area contributed by atoms with Crippen molar-refractivity contribution in [3.8, 4) is 0 Å². The molecule has 50 heavy (non-hydrogen) atoms. The molecule has 0 aliphatic rings. The minimum atomic E-state index is -0.811. The van der Waals surface area contributed by atoms with E-state index in [0.717, 1.165) is 109 Å². The third-order valence-electron chi connectivity index (χ3n) is 7.63. The van der Waals surface area contributed by atoms with E-state index in [1.807, 2.05) is 0 Å². The van der Waals surface area contributed by atoms with Crippen molar-refractivity contribution in [1.82, 2.24) is 0 Å². The molecule has 6 nitrogen and oxygen atoms in total. The van der Waals surface area contributed by atoms with E-state index in [2.05, 4.69) is 106 Å². The van der Waals surface area contributed by atoms with Crippen LogP contribution in [0.1, 0.15) is 156 Å². The SMILES string of the molecule is CC/C=C\C/C=C\C/C=C\CCCCCCC(=O)OCC(COC(=O)CCCC/C=C\C/C=C\CC)OC(=O)CCCC/C=C\C/C=C\CC. The molecule has 1 unspecified atom stereocenters. The van der Waals surface area contributed by atoms with E-state index in [4.69, 9.17) is 14.2 Å². The van der Waals surface area contributed by atoms with Crippen molar-refractivity contribution in [2.45, 2.75) is 162 Å². The van der Waals surface area contributed by atoms with E-state index >= 15 is 0 Å². The summed E-state index contributed by atoms with van der Waals surface area (Å²) in [6, 6.07) is 0. The molecule has 0 heterocycles. The quantitative estimate of drug-likeness (QED) is 0.0294. The van der Waals surface area contributed by atoms with Gasteiger partial charge < -0.3 is 14.2 Å². The summed E-state index contributed by atoms with van der Waals surface area (Å²) in [6.45, 7) is 6.14. The Kier molecular flexibility index (Phi) is 35.8. The van der Waals surface area contributed by atoms with Crippen molar-refractivity contribution in [3.63, 3.8) is 0 Å². The molecule has 6 heteroatoms. The maximum Gasteiger partial charge on any atom is 0.306 e. The first-order valence-corrected chi connectivity index (χ1v) is 19.6. The lowest BCUT2D eigenvalue weighted by molar-refractivity contribution is -0.167. The summed E-state index contributed by atoms with van der Waals surface area (Å²) in [5.74, 6) is -1.03. The molecule has 0 aromatic heterocycles. The van der Waals surface area contributed by atoms with Gasteiger partial charge in [-0.25, -0.2) is 0 Å². The highest BCUT2D eigenvalue weighted by Crippen LogP contribution is 2.10. The van der Waals surface area contributed by atoms with Crippen LogP contribution in [0.5, 0.6) is 0 Å². The molecule has 0 saturated heterocycles. The molecule has 1 atom stereocenters. The molecule has 0 amide bonds. The van der Waals surface area contributed by atoms with Crippen molar-refractivity contribution >= 4 is 17.9 Å². The van der Waals surface area contributed by atoms with Crippen LogP contribution in [0.2, 0.25) is 0 Å². The maximum absolute atomic E-state index is 12.6. The second-order valence-electron chi connectivity index (χ2n) is 12.4. The lowest BCUT2D eigenvalue weighted by atomic mass is 10.1. The van der Waals surface area contributed by atoms with E-state index in [1.165, 1.54) is 0 Å². The summed E-state index contributed by atoms with van der Waals surface area (Å²) in [7, 11) is 0. The average Bonchev–Trinajstić information content (AvgIpc) is 3.11. The molecule has 0 rings (SSSR count). The lowest BCUT2D eigenvalue weighted by Gasteiger charge is -2.18. The van der Waals surface area contributed by atoms with Gasteiger partial charge in [0.25, 0.3) is 0 Å². The van der Waals surface area contributed by atoms with Crippen molar-refractivity contribution < 1.29 is 28.6 Å². The van der Waals surface area contributed by atoms with Gasteiger partial charge in [0.15, 0.2) is 6.10 Å². The van der Waals surface area contributed by atoms with Crippen LogP contribution >= 0.6 is 0 Å². The Bertz CT molecular complexity index is 1030. The number of unbranched alkanes of at least 4 members (excludes halogenated alkanes) is 8. The van der Waals surface area contributed by atoms with Gasteiger partial charge in [-0.15, -0.1) is 0 Å². The number of carbonyl (C=O) groups is 3. The van der Waals surface area contributed by atoms with Crippen LogP contribution in [0, 0.1) is 0 Å². The van der Waals surface area contributed by atoms with E-state index in [1.54, 1.807) is 0 Å². The molecule has 0 radical (unpaired) electrons. The number of ether oxygens (including phenoxy) is 3. The van der Waals surface area contributed by atoms with Gasteiger partial charge in [0.1, 0.15) is 13.2 Å². The van der Waals surface area contributed by atoms with Crippen molar-refractivity contribution in [1.29, 1.82) is 0 Å². The topological polar surface area (TPSA) is 78.9 Å². The van der Waals surface area contributed by atoms with Gasteiger partial charge in [-0.05, 0) is 103 Å². The standard InChI is InChI=1S/C44H70O6/c1-4-7-10-13-16-19-20-21-22-23-26-28-31-34-37-43(46)49-40-41(50-44(47)38-35-32-29-25-18-15-12-9-6-3)39-48-42(45)36-33-30-27-24-17-14-11-8-5-2/h7-12,16-19,21-22,24-25,41H,4-6,13-15,20,23,26-40H2,1-3H3/b10-7-,11-8-,12-9-,19-16-,22-21-,24-17-,25-18-. The van der Waals surface area contributed by atoms with E-state index in [0.29, 0.717) is 19.3 Å². The van der Waals surface area contributed by atoms with Crippen LogP contribution in [-0.4, -0.2) is 37.2 Å². The van der Waals surface area contributed by atoms with Crippen molar-refractivity contribution in [2.24, 2.45) is 0 Å². The number of allylic oxidation sites excluding steroid dienone is 14. The molecular weight excluding hydrogens is 624 g/mol. The van der Waals surface area contributed by atoms with Gasteiger partial charge in [0.05, 0.1) is 0 Å². The Labute approximate surface area is 305 Å². The fraction of sp³-hybridized carbons (Fsp3) is 0.614. The van der Waals surface area contributed by atoms with Gasteiger partial charge in [-0.1, -0.05) is 119 Å². The van der Waals surface area contributed by atoms with Crippen LogP contribution in [0.25, 0.3) is 0 Å². The van der Waals surface area contributed by atoms with Crippen LogP contribution < -0.4 is 0 Å². The lowest BCUT2D eigenvalue weighted by Crippen LogP contribution is -2.30. The summed E-state index contributed by atoms with van der Waals surface area (Å²) in [6.07, 6.45) is 47.3. The Morgan fingerprint density at radius 1 is 0.400 bits per heavy atom. The minimum absolute atomic E-state index is 0.114. The zero-order chi connectivity index (χ0) is 36.6. The highest BCUT2D eigenvalue weighted by Gasteiger charge is 2.19. The minimum Gasteiger partial charge on any atom is -0.462 e. The van der Waals surface area contributed by atoms with Crippen LogP contribution in [0.3, 0.4) is 0 Å². The molecule has 0 aliphatic heterocycles. The van der Waals surface area contributed by atoms with E-state index in [9.17, 15) is 14.4 Å². The number of carbonyl (C=O) groups excluding carboxylic acids is 3. The zero-order valence-corrected chi connectivity index (χ0v) is 31.9. The summed E-state index contributed by atoms with van der Waals surface area (Å²) in [5, 5.41) is 0. The molecule has 0 spiro atoms. The summed E-state index contributed by atoms with van der Waals surface area (Å²) in [5.41, 5.74) is 0. The molecule has 0 N–H and O–H groups in total. The fourth-order valence-electron chi connectivity index (χ4n) is 4.76. The van der Waals surface area contributed by atoms with Gasteiger partial charge in [-0.3, -0.25) is 14.4 Å². The third kappa shape index (κ3) is 35.9. The second-order valence-corrected chi connectivity index (χ2v) is 12.4. The van der Waals surface area contributed by atoms with Gasteiger partial charge >= 0.3 is 17.9 Å². The largest absolute Gasteiger partial charge is 0.462 e. The monoisotopic (exact) mass is 695 g/mol. The van der Waals surface area contributed by atoms with Crippen molar-refractivity contribution in [3.05, 3.63) is 85.1 Å². The number of hydrogen-bond donors (Lipinski definition) is 0. The summed E-state index contributed by atoms with van der Waals surface area (Å²) in [4.78, 5) is 37.4. The zero-order valence-electron chi connectivity index (χ0n) is 31.9. The first kappa shape index (κ1) is 46.6. The third-order valence-corrected chi connectivity index (χ3v) is 7.63. The Balaban J connectivity index is 4.48. The Morgan fingerprint density at radius 2 is 0.720 bits per heavy atom. The first-order chi connectivity index (χ1) is 24.5. The molecule has 0 aromatic carbocycles. The highest BCUT2D eigenvalue weighted by atomic mass is 16.6. The highest BCUT2D eigenvalue weighted by molar-refractivity contribution is 5.71. The first-order valence-electron chi connectivity index (χ1n) is 19.6. The Morgan fingerprint density at radius 3 is 1.14 bits per heavy atom. The molecule has 282 valence electrons. The average molecular weight is 695 g/mol. The molecule has 0 saturated carbocycles. The van der Waals surface area contributed by atoms with Crippen LogP contribution in [-0.2, 0) is 28.6 Å². The predicted molar refractivity (Wildman–Crippen MR) is 210 cm³/mol. The predicted octanol–water partition coefficient (Wildman–Crippen LogP) is 12.1. The van der Waals surface area contributed by atoms with Crippen LogP contribution in [0.4, 0.5) is 0 Å². The fourth-order valence-corrected chi connectivity index (χ4v) is 4.76. The molecule has 0 fully saturated rings. The second kappa shape index (κ2) is 38.4. The number of esters is 3. The summed E-state index contributed by atoms with van der Waals surface area (Å²) >= 11 is 0. The maximum atomic E-state index is 12.6. The molecule has 0 aromatic rings. The van der Waals surface area contributed by atoms with Gasteiger partial charge in [-0.2, -0.15) is 0 Å². The normalized spacial score (nSPS) is 12.9.